The van der Waals surface area contributed by atoms with Gasteiger partial charge in [0.05, 0.1) is 24.2 Å². The molecule has 1 aromatic heterocycles. The number of hydrogen-bond donors (Lipinski definition) is 1. The number of aromatic nitrogens is 2. The fourth-order valence-corrected chi connectivity index (χ4v) is 5.77. The monoisotopic (exact) mass is 680 g/mol. The van der Waals surface area contributed by atoms with Crippen LogP contribution in [0.3, 0.4) is 0 Å². The Kier molecular flexibility index (Phi) is 9.19. The Labute approximate surface area is 255 Å². The van der Waals surface area contributed by atoms with Gasteiger partial charge in [0, 0.05) is 26.1 Å². The third-order valence-electron chi connectivity index (χ3n) is 7.18. The number of carbonyl (C=O) groups is 1. The lowest BCUT2D eigenvalue weighted by molar-refractivity contribution is -0.118. The summed E-state index contributed by atoms with van der Waals surface area (Å²) in [5.41, 5.74) is 2.83. The fraction of sp³-hybridized carbons (Fsp3) is 0.290. The summed E-state index contributed by atoms with van der Waals surface area (Å²) in [6.07, 6.45) is 6.97. The van der Waals surface area contributed by atoms with E-state index in [1.807, 2.05) is 43.3 Å². The van der Waals surface area contributed by atoms with Gasteiger partial charge in [0.1, 0.15) is 5.82 Å². The van der Waals surface area contributed by atoms with Crippen LogP contribution in [-0.4, -0.2) is 35.5 Å². The number of methoxy groups -OCH3 is 1. The van der Waals surface area contributed by atoms with Crippen LogP contribution in [0.15, 0.2) is 73.4 Å². The SMILES string of the molecule is COc1cc(C=Nn2c(C3CCCCC3)nc3ccc(Br)cc3c2=O)c(Br)cc1OCC(=O)Nc1ccccc1C. The van der Waals surface area contributed by atoms with Gasteiger partial charge in [-0.3, -0.25) is 9.59 Å². The van der Waals surface area contributed by atoms with Gasteiger partial charge < -0.3 is 14.8 Å². The summed E-state index contributed by atoms with van der Waals surface area (Å²) in [7, 11) is 1.53. The van der Waals surface area contributed by atoms with Crippen LogP contribution < -0.4 is 20.3 Å². The first-order valence-corrected chi connectivity index (χ1v) is 15.0. The van der Waals surface area contributed by atoms with Crippen LogP contribution in [0, 0.1) is 6.92 Å². The smallest absolute Gasteiger partial charge is 0.282 e. The molecule has 0 spiro atoms. The Morgan fingerprint density at radius 3 is 2.63 bits per heavy atom. The summed E-state index contributed by atoms with van der Waals surface area (Å²) in [6.45, 7) is 1.74. The van der Waals surface area contributed by atoms with Gasteiger partial charge in [0.25, 0.3) is 11.5 Å². The number of rotatable bonds is 8. The van der Waals surface area contributed by atoms with E-state index in [2.05, 4.69) is 42.3 Å². The second-order valence-corrected chi connectivity index (χ2v) is 11.8. The van der Waals surface area contributed by atoms with E-state index in [4.69, 9.17) is 14.5 Å². The van der Waals surface area contributed by atoms with E-state index < -0.39 is 0 Å². The minimum Gasteiger partial charge on any atom is -0.493 e. The van der Waals surface area contributed by atoms with Crippen molar-refractivity contribution < 1.29 is 14.3 Å². The Balaban J connectivity index is 1.42. The number of amides is 1. The van der Waals surface area contributed by atoms with Gasteiger partial charge in [-0.1, -0.05) is 53.4 Å². The molecule has 1 aliphatic rings. The lowest BCUT2D eigenvalue weighted by atomic mass is 9.88. The molecule has 1 heterocycles. The first-order chi connectivity index (χ1) is 19.8. The molecule has 4 aromatic rings. The van der Waals surface area contributed by atoms with Crippen LogP contribution in [0.4, 0.5) is 5.69 Å². The number of halogens is 2. The van der Waals surface area contributed by atoms with E-state index in [-0.39, 0.29) is 24.0 Å². The van der Waals surface area contributed by atoms with Crippen molar-refractivity contribution in [3.05, 3.63) is 90.8 Å². The molecule has 3 aromatic carbocycles. The Bertz CT molecular complexity index is 1680. The standard InChI is InChI=1S/C31H30Br2N4O4/c1-19-8-6-7-11-25(19)35-29(38)18-41-28-16-24(33)21(14-27(28)40-2)17-34-37-30(20-9-4-3-5-10-20)36-26-13-12-22(32)15-23(26)31(37)39/h6-8,11-17,20H,3-5,9-10,18H2,1-2H3,(H,35,38). The van der Waals surface area contributed by atoms with Gasteiger partial charge in [-0.05, 0) is 77.7 Å². The molecule has 0 unspecified atom stereocenters. The van der Waals surface area contributed by atoms with Crippen LogP contribution in [-0.2, 0) is 4.79 Å². The summed E-state index contributed by atoms with van der Waals surface area (Å²) in [5, 5.41) is 7.99. The fourth-order valence-electron chi connectivity index (χ4n) is 4.99. The van der Waals surface area contributed by atoms with Crippen LogP contribution in [0.1, 0.15) is 55.0 Å². The minimum atomic E-state index is -0.284. The highest BCUT2D eigenvalue weighted by Crippen LogP contribution is 2.34. The molecule has 1 N–H and O–H groups in total. The molecule has 41 heavy (non-hydrogen) atoms. The maximum atomic E-state index is 13.6. The first-order valence-electron chi connectivity index (χ1n) is 13.5. The third kappa shape index (κ3) is 6.70. The zero-order chi connectivity index (χ0) is 28.9. The van der Waals surface area contributed by atoms with Gasteiger partial charge in [-0.15, -0.1) is 0 Å². The molecule has 212 valence electrons. The minimum absolute atomic E-state index is 0.168. The zero-order valence-electron chi connectivity index (χ0n) is 22.8. The maximum Gasteiger partial charge on any atom is 0.282 e. The van der Waals surface area contributed by atoms with E-state index in [1.165, 1.54) is 18.2 Å². The lowest BCUT2D eigenvalue weighted by Gasteiger charge is -2.22. The highest BCUT2D eigenvalue weighted by atomic mass is 79.9. The molecule has 8 nitrogen and oxygen atoms in total. The number of carbonyl (C=O) groups excluding carboxylic acids is 1. The van der Waals surface area contributed by atoms with E-state index >= 15 is 0 Å². The first kappa shape index (κ1) is 29.0. The van der Waals surface area contributed by atoms with Crippen molar-refractivity contribution in [2.45, 2.75) is 44.9 Å². The number of ether oxygens (including phenoxy) is 2. The summed E-state index contributed by atoms with van der Waals surface area (Å²) in [5.74, 6) is 1.39. The van der Waals surface area contributed by atoms with Gasteiger partial charge in [0.15, 0.2) is 18.1 Å². The molecule has 5 rings (SSSR count). The number of benzene rings is 3. The summed E-state index contributed by atoms with van der Waals surface area (Å²) >= 11 is 7.04. The number of anilines is 1. The zero-order valence-corrected chi connectivity index (χ0v) is 26.0. The number of hydrogen-bond acceptors (Lipinski definition) is 6. The van der Waals surface area contributed by atoms with Crippen molar-refractivity contribution in [1.82, 2.24) is 9.66 Å². The van der Waals surface area contributed by atoms with Crippen molar-refractivity contribution in [3.63, 3.8) is 0 Å². The molecule has 0 radical (unpaired) electrons. The molecule has 0 aliphatic heterocycles. The average Bonchev–Trinajstić information content (AvgIpc) is 2.98. The van der Waals surface area contributed by atoms with Gasteiger partial charge in [0.2, 0.25) is 0 Å². The number of aryl methyl sites for hydroxylation is 1. The van der Waals surface area contributed by atoms with Crippen molar-refractivity contribution in [1.29, 1.82) is 0 Å². The van der Waals surface area contributed by atoms with Crippen LogP contribution in [0.2, 0.25) is 0 Å². The Morgan fingerprint density at radius 1 is 1.10 bits per heavy atom. The molecule has 1 fully saturated rings. The topological polar surface area (TPSA) is 94.8 Å². The normalized spacial score (nSPS) is 14.0. The molecule has 1 aliphatic carbocycles. The Hall–Kier alpha value is -3.50. The quantitative estimate of drug-likeness (QED) is 0.199. The Morgan fingerprint density at radius 2 is 1.88 bits per heavy atom. The van der Waals surface area contributed by atoms with Crippen LogP contribution in [0.5, 0.6) is 11.5 Å². The van der Waals surface area contributed by atoms with Crippen LogP contribution in [0.25, 0.3) is 10.9 Å². The van der Waals surface area contributed by atoms with Crippen molar-refractivity contribution >= 4 is 60.6 Å². The predicted octanol–water partition coefficient (Wildman–Crippen LogP) is 7.19. The highest BCUT2D eigenvalue weighted by Gasteiger charge is 2.23. The largest absolute Gasteiger partial charge is 0.493 e. The summed E-state index contributed by atoms with van der Waals surface area (Å²) < 4.78 is 14.3. The molecule has 0 atom stereocenters. The summed E-state index contributed by atoms with van der Waals surface area (Å²) in [4.78, 5) is 31.0. The number of para-hydroxylation sites is 1. The molecule has 10 heteroatoms. The molecule has 0 saturated heterocycles. The average molecular weight is 682 g/mol. The molecular formula is C31H30Br2N4O4. The second-order valence-electron chi connectivity index (χ2n) is 10.0. The maximum absolute atomic E-state index is 13.6. The number of nitrogens with zero attached hydrogens (tertiary/aromatic N) is 3. The summed E-state index contributed by atoms with van der Waals surface area (Å²) in [6, 6.07) is 16.6. The third-order valence-corrected chi connectivity index (χ3v) is 8.36. The second kappa shape index (κ2) is 13.0. The van der Waals surface area contributed by atoms with E-state index in [1.54, 1.807) is 24.4 Å². The molecule has 0 bridgehead atoms. The van der Waals surface area contributed by atoms with Gasteiger partial charge in [-0.25, -0.2) is 4.98 Å². The van der Waals surface area contributed by atoms with Crippen LogP contribution >= 0.6 is 31.9 Å². The molecular weight excluding hydrogens is 652 g/mol. The van der Waals surface area contributed by atoms with Crippen molar-refractivity contribution in [2.24, 2.45) is 5.10 Å². The van der Waals surface area contributed by atoms with E-state index in [9.17, 15) is 9.59 Å². The molecule has 1 amide bonds. The van der Waals surface area contributed by atoms with Gasteiger partial charge in [-0.2, -0.15) is 9.78 Å². The molecule has 1 saturated carbocycles. The van der Waals surface area contributed by atoms with E-state index in [0.29, 0.717) is 38.3 Å². The highest BCUT2D eigenvalue weighted by molar-refractivity contribution is 9.10. The number of nitrogens with one attached hydrogen (secondary N) is 1. The van der Waals surface area contributed by atoms with Gasteiger partial charge >= 0.3 is 0 Å². The predicted molar refractivity (Wildman–Crippen MR) is 169 cm³/mol. The van der Waals surface area contributed by atoms with Crippen molar-refractivity contribution in [3.8, 4) is 11.5 Å². The number of fused-ring (bicyclic) bond motifs is 1. The van der Waals surface area contributed by atoms with Crippen molar-refractivity contribution in [2.75, 3.05) is 19.0 Å². The van der Waals surface area contributed by atoms with E-state index in [0.717, 1.165) is 41.4 Å². The lowest BCUT2D eigenvalue weighted by Crippen LogP contribution is -2.25.